The maximum absolute atomic E-state index is 4.39. The van der Waals surface area contributed by atoms with Gasteiger partial charge in [-0.1, -0.05) is 6.07 Å². The Kier molecular flexibility index (Phi) is 3.77. The van der Waals surface area contributed by atoms with Crippen LogP contribution in [0.25, 0.3) is 0 Å². The van der Waals surface area contributed by atoms with E-state index < -0.39 is 0 Å². The normalized spacial score (nSPS) is 12.7. The van der Waals surface area contributed by atoms with E-state index in [1.807, 2.05) is 44.9 Å². The fourth-order valence-corrected chi connectivity index (χ4v) is 2.30. The molecule has 0 aromatic carbocycles. The van der Waals surface area contributed by atoms with E-state index in [2.05, 4.69) is 27.5 Å². The molecule has 0 radical (unpaired) electrons. The molecule has 1 unspecified atom stereocenters. The van der Waals surface area contributed by atoms with Gasteiger partial charge in [-0.25, -0.2) is 0 Å². The topological polar surface area (TPSA) is 42.7 Å². The van der Waals surface area contributed by atoms with Crippen molar-refractivity contribution < 1.29 is 0 Å². The number of pyridine rings is 1. The minimum Gasteiger partial charge on any atom is -0.313 e. The Morgan fingerprint density at radius 3 is 2.72 bits per heavy atom. The first kappa shape index (κ1) is 12.8. The van der Waals surface area contributed by atoms with E-state index in [0.717, 1.165) is 17.8 Å². The maximum atomic E-state index is 4.39. The molecule has 0 amide bonds. The lowest BCUT2D eigenvalue weighted by atomic mass is 10.0. The molecule has 0 bridgehead atoms. The number of aromatic nitrogens is 3. The third-order valence-corrected chi connectivity index (χ3v) is 3.28. The molecular formula is C14H20N4. The molecule has 2 aromatic heterocycles. The molecule has 4 heteroatoms. The van der Waals surface area contributed by atoms with E-state index >= 15 is 0 Å². The lowest BCUT2D eigenvalue weighted by Crippen LogP contribution is -2.21. The van der Waals surface area contributed by atoms with Gasteiger partial charge in [0.2, 0.25) is 0 Å². The summed E-state index contributed by atoms with van der Waals surface area (Å²) in [5.41, 5.74) is 4.62. The van der Waals surface area contributed by atoms with E-state index in [9.17, 15) is 0 Å². The SMILES string of the molecule is CNC(Cc1cc(C)nn1C)c1cccnc1C. The largest absolute Gasteiger partial charge is 0.313 e. The van der Waals surface area contributed by atoms with E-state index in [0.29, 0.717) is 0 Å². The van der Waals surface area contributed by atoms with Crippen LogP contribution in [0.2, 0.25) is 0 Å². The number of nitrogens with one attached hydrogen (secondary N) is 1. The summed E-state index contributed by atoms with van der Waals surface area (Å²) in [5.74, 6) is 0. The first-order valence-corrected chi connectivity index (χ1v) is 6.20. The number of nitrogens with zero attached hydrogens (tertiary/aromatic N) is 3. The monoisotopic (exact) mass is 244 g/mol. The quantitative estimate of drug-likeness (QED) is 0.893. The van der Waals surface area contributed by atoms with Gasteiger partial charge in [0.15, 0.2) is 0 Å². The molecule has 18 heavy (non-hydrogen) atoms. The minimum absolute atomic E-state index is 0.272. The standard InChI is InChI=1S/C14H20N4/c1-10-8-12(18(4)17-10)9-14(15-3)13-6-5-7-16-11(13)2/h5-8,14-15H,9H2,1-4H3. The molecule has 2 heterocycles. The van der Waals surface area contributed by atoms with Crippen molar-refractivity contribution in [2.45, 2.75) is 26.3 Å². The van der Waals surface area contributed by atoms with E-state index in [4.69, 9.17) is 0 Å². The van der Waals surface area contributed by atoms with Crippen LogP contribution < -0.4 is 5.32 Å². The Labute approximate surface area is 108 Å². The number of hydrogen-bond donors (Lipinski definition) is 1. The molecule has 0 spiro atoms. The summed E-state index contributed by atoms with van der Waals surface area (Å²) < 4.78 is 1.95. The molecule has 2 rings (SSSR count). The third-order valence-electron chi connectivity index (χ3n) is 3.28. The zero-order chi connectivity index (χ0) is 13.1. The summed E-state index contributed by atoms with van der Waals surface area (Å²) in [4.78, 5) is 4.35. The highest BCUT2D eigenvalue weighted by Crippen LogP contribution is 2.20. The highest BCUT2D eigenvalue weighted by atomic mass is 15.3. The predicted molar refractivity (Wildman–Crippen MR) is 72.4 cm³/mol. The predicted octanol–water partition coefficient (Wildman–Crippen LogP) is 1.94. The molecular weight excluding hydrogens is 224 g/mol. The van der Waals surface area contributed by atoms with Gasteiger partial charge in [-0.15, -0.1) is 0 Å². The Morgan fingerprint density at radius 2 is 2.17 bits per heavy atom. The van der Waals surface area contributed by atoms with Gasteiger partial charge in [0.05, 0.1) is 5.69 Å². The lowest BCUT2D eigenvalue weighted by Gasteiger charge is -2.18. The fourth-order valence-electron chi connectivity index (χ4n) is 2.30. The van der Waals surface area contributed by atoms with Crippen molar-refractivity contribution in [3.8, 4) is 0 Å². The van der Waals surface area contributed by atoms with Gasteiger partial charge in [-0.05, 0) is 38.6 Å². The smallest absolute Gasteiger partial charge is 0.0596 e. The first-order chi connectivity index (χ1) is 8.61. The van der Waals surface area contributed by atoms with Crippen molar-refractivity contribution in [3.05, 3.63) is 47.0 Å². The van der Waals surface area contributed by atoms with Gasteiger partial charge in [0.25, 0.3) is 0 Å². The highest BCUT2D eigenvalue weighted by molar-refractivity contribution is 5.24. The second-order valence-corrected chi connectivity index (χ2v) is 4.62. The average Bonchev–Trinajstić information content (AvgIpc) is 2.66. The summed E-state index contributed by atoms with van der Waals surface area (Å²) in [7, 11) is 3.98. The van der Waals surface area contributed by atoms with Crippen LogP contribution in [0, 0.1) is 13.8 Å². The molecule has 2 aromatic rings. The Hall–Kier alpha value is -1.68. The summed E-state index contributed by atoms with van der Waals surface area (Å²) in [6.07, 6.45) is 2.75. The summed E-state index contributed by atoms with van der Waals surface area (Å²) >= 11 is 0. The maximum Gasteiger partial charge on any atom is 0.0596 e. The number of hydrogen-bond acceptors (Lipinski definition) is 3. The molecule has 1 N–H and O–H groups in total. The second kappa shape index (κ2) is 5.31. The average molecular weight is 244 g/mol. The molecule has 4 nitrogen and oxygen atoms in total. The summed E-state index contributed by atoms with van der Waals surface area (Å²) in [6.45, 7) is 4.07. The Morgan fingerprint density at radius 1 is 1.39 bits per heavy atom. The van der Waals surface area contributed by atoms with Crippen LogP contribution in [0.4, 0.5) is 0 Å². The van der Waals surface area contributed by atoms with Crippen LogP contribution in [-0.2, 0) is 13.5 Å². The molecule has 96 valence electrons. The molecule has 1 atom stereocenters. The van der Waals surface area contributed by atoms with Crippen molar-refractivity contribution in [3.63, 3.8) is 0 Å². The van der Waals surface area contributed by atoms with Crippen LogP contribution in [0.5, 0.6) is 0 Å². The van der Waals surface area contributed by atoms with Gasteiger partial charge in [-0.2, -0.15) is 5.10 Å². The van der Waals surface area contributed by atoms with Crippen molar-refractivity contribution in [1.82, 2.24) is 20.1 Å². The number of aryl methyl sites for hydroxylation is 3. The molecule has 0 aliphatic rings. The summed E-state index contributed by atoms with van der Waals surface area (Å²) in [6, 6.07) is 6.53. The van der Waals surface area contributed by atoms with Crippen LogP contribution in [0.1, 0.15) is 28.7 Å². The number of rotatable bonds is 4. The van der Waals surface area contributed by atoms with Crippen molar-refractivity contribution in [2.24, 2.45) is 7.05 Å². The van der Waals surface area contributed by atoms with Crippen molar-refractivity contribution in [2.75, 3.05) is 7.05 Å². The molecule has 0 aliphatic carbocycles. The van der Waals surface area contributed by atoms with Crippen molar-refractivity contribution >= 4 is 0 Å². The number of likely N-dealkylation sites (N-methyl/N-ethyl adjacent to an activating group) is 1. The first-order valence-electron chi connectivity index (χ1n) is 6.20. The van der Waals surface area contributed by atoms with Gasteiger partial charge >= 0.3 is 0 Å². The van der Waals surface area contributed by atoms with E-state index in [1.54, 1.807) is 0 Å². The zero-order valence-corrected chi connectivity index (χ0v) is 11.4. The second-order valence-electron chi connectivity index (χ2n) is 4.62. The highest BCUT2D eigenvalue weighted by Gasteiger charge is 2.15. The molecule has 0 saturated heterocycles. The van der Waals surface area contributed by atoms with Gasteiger partial charge in [-0.3, -0.25) is 9.67 Å². The van der Waals surface area contributed by atoms with E-state index in [-0.39, 0.29) is 6.04 Å². The minimum atomic E-state index is 0.272. The fraction of sp³-hybridized carbons (Fsp3) is 0.429. The lowest BCUT2D eigenvalue weighted by molar-refractivity contribution is 0.557. The Bertz CT molecular complexity index is 530. The van der Waals surface area contributed by atoms with Crippen LogP contribution in [0.15, 0.2) is 24.4 Å². The van der Waals surface area contributed by atoms with Crippen LogP contribution >= 0.6 is 0 Å². The van der Waals surface area contributed by atoms with Gasteiger partial charge < -0.3 is 5.32 Å². The van der Waals surface area contributed by atoms with Gasteiger partial charge in [0.1, 0.15) is 0 Å². The Balaban J connectivity index is 2.25. The molecule has 0 saturated carbocycles. The van der Waals surface area contributed by atoms with E-state index in [1.165, 1.54) is 11.3 Å². The summed E-state index contributed by atoms with van der Waals surface area (Å²) in [5, 5.41) is 7.75. The van der Waals surface area contributed by atoms with Crippen molar-refractivity contribution in [1.29, 1.82) is 0 Å². The molecule has 0 aliphatic heterocycles. The molecule has 0 fully saturated rings. The van der Waals surface area contributed by atoms with Crippen LogP contribution in [0.3, 0.4) is 0 Å². The van der Waals surface area contributed by atoms with Crippen LogP contribution in [-0.4, -0.2) is 21.8 Å². The third kappa shape index (κ3) is 2.59. The van der Waals surface area contributed by atoms with Gasteiger partial charge in [0, 0.05) is 37.1 Å². The zero-order valence-electron chi connectivity index (χ0n) is 11.4.